The Bertz CT molecular complexity index is 744. The number of carbonyl (C=O) groups is 1. The Morgan fingerprint density at radius 2 is 2.17 bits per heavy atom. The van der Waals surface area contributed by atoms with Crippen molar-refractivity contribution in [2.24, 2.45) is 0 Å². The second-order valence-electron chi connectivity index (χ2n) is 6.53. The highest BCUT2D eigenvalue weighted by Crippen LogP contribution is 2.37. The minimum atomic E-state index is -1.11. The van der Waals surface area contributed by atoms with E-state index in [-0.39, 0.29) is 5.91 Å². The van der Waals surface area contributed by atoms with Crippen LogP contribution in [-0.4, -0.2) is 33.0 Å². The summed E-state index contributed by atoms with van der Waals surface area (Å²) >= 11 is 3.46. The average molecular weight is 348 g/mol. The van der Waals surface area contributed by atoms with Crippen LogP contribution in [0, 0.1) is 6.92 Å². The zero-order valence-corrected chi connectivity index (χ0v) is 14.8. The van der Waals surface area contributed by atoms with Crippen molar-refractivity contribution in [2.45, 2.75) is 51.2 Å². The van der Waals surface area contributed by atoms with Gasteiger partial charge in [0.15, 0.2) is 0 Å². The van der Waals surface area contributed by atoms with E-state index < -0.39 is 5.60 Å². The van der Waals surface area contributed by atoms with Gasteiger partial charge in [-0.2, -0.15) is 0 Å². The van der Waals surface area contributed by atoms with E-state index in [9.17, 15) is 9.90 Å². The number of aryl methyl sites for hydroxylation is 1. The van der Waals surface area contributed by atoms with Crippen LogP contribution >= 0.6 is 22.7 Å². The molecule has 2 aliphatic rings. The summed E-state index contributed by atoms with van der Waals surface area (Å²) in [6.07, 6.45) is 4.01. The molecular weight excluding hydrogens is 328 g/mol. The van der Waals surface area contributed by atoms with Crippen LogP contribution in [0.3, 0.4) is 0 Å². The average Bonchev–Trinajstić information content (AvgIpc) is 3.25. The summed E-state index contributed by atoms with van der Waals surface area (Å²) in [5, 5.41) is 13.7. The molecule has 1 aliphatic heterocycles. The van der Waals surface area contributed by atoms with Crippen LogP contribution in [0.25, 0.3) is 10.6 Å². The molecule has 0 unspecified atom stereocenters. The van der Waals surface area contributed by atoms with Crippen LogP contribution in [0.1, 0.15) is 41.1 Å². The third-order valence-electron chi connectivity index (χ3n) is 4.85. The van der Waals surface area contributed by atoms with Crippen molar-refractivity contribution in [1.82, 2.24) is 9.88 Å². The summed E-state index contributed by atoms with van der Waals surface area (Å²) in [7, 11) is 0. The van der Waals surface area contributed by atoms with Gasteiger partial charge in [0, 0.05) is 23.3 Å². The molecule has 4 nitrogen and oxygen atoms in total. The van der Waals surface area contributed by atoms with Gasteiger partial charge in [-0.15, -0.1) is 22.7 Å². The lowest BCUT2D eigenvalue weighted by Crippen LogP contribution is -2.48. The van der Waals surface area contributed by atoms with E-state index in [0.29, 0.717) is 25.9 Å². The molecule has 1 aliphatic carbocycles. The van der Waals surface area contributed by atoms with Gasteiger partial charge in [0.25, 0.3) is 5.91 Å². The second-order valence-corrected chi connectivity index (χ2v) is 8.73. The van der Waals surface area contributed by atoms with E-state index in [0.717, 1.165) is 30.0 Å². The fraction of sp³-hybridized carbons (Fsp3) is 0.529. The second kappa shape index (κ2) is 5.69. The van der Waals surface area contributed by atoms with Crippen molar-refractivity contribution in [3.8, 4) is 10.6 Å². The number of rotatable bonds is 2. The van der Waals surface area contributed by atoms with E-state index in [1.54, 1.807) is 22.7 Å². The van der Waals surface area contributed by atoms with Crippen molar-refractivity contribution in [3.63, 3.8) is 0 Å². The number of thiazole rings is 1. The molecule has 0 spiro atoms. The number of thiophene rings is 1. The number of hydrogen-bond donors (Lipinski definition) is 1. The third-order valence-corrected chi connectivity index (χ3v) is 6.89. The molecule has 3 heterocycles. The fourth-order valence-electron chi connectivity index (χ4n) is 3.58. The Morgan fingerprint density at radius 3 is 2.87 bits per heavy atom. The topological polar surface area (TPSA) is 53.4 Å². The SMILES string of the molecule is Cc1nc(-c2cc3c(s2)CCN(C(=O)C2(O)CCCC2)C3)cs1. The van der Waals surface area contributed by atoms with Gasteiger partial charge in [-0.25, -0.2) is 4.98 Å². The molecule has 4 rings (SSSR count). The highest BCUT2D eigenvalue weighted by Gasteiger charge is 2.42. The van der Waals surface area contributed by atoms with E-state index in [1.165, 1.54) is 15.3 Å². The van der Waals surface area contributed by atoms with Crippen LogP contribution in [0.2, 0.25) is 0 Å². The lowest BCUT2D eigenvalue weighted by atomic mass is 9.98. The van der Waals surface area contributed by atoms with E-state index in [1.807, 2.05) is 11.8 Å². The Labute approximate surface area is 143 Å². The van der Waals surface area contributed by atoms with Gasteiger partial charge < -0.3 is 10.0 Å². The Morgan fingerprint density at radius 1 is 1.39 bits per heavy atom. The van der Waals surface area contributed by atoms with Crippen molar-refractivity contribution in [2.75, 3.05) is 6.54 Å². The maximum atomic E-state index is 12.7. The normalized spacial score (nSPS) is 19.8. The molecule has 0 atom stereocenters. The lowest BCUT2D eigenvalue weighted by molar-refractivity contribution is -0.151. The molecule has 0 bridgehead atoms. The predicted molar refractivity (Wildman–Crippen MR) is 92.7 cm³/mol. The molecule has 1 amide bonds. The molecule has 1 N–H and O–H groups in total. The van der Waals surface area contributed by atoms with Crippen LogP contribution in [0.4, 0.5) is 0 Å². The molecule has 0 aromatic carbocycles. The predicted octanol–water partition coefficient (Wildman–Crippen LogP) is 3.37. The maximum absolute atomic E-state index is 12.7. The minimum Gasteiger partial charge on any atom is -0.380 e. The third kappa shape index (κ3) is 2.73. The number of hydrogen-bond acceptors (Lipinski definition) is 5. The number of aliphatic hydroxyl groups is 1. The van der Waals surface area contributed by atoms with Crippen LogP contribution in [0.15, 0.2) is 11.4 Å². The largest absolute Gasteiger partial charge is 0.380 e. The van der Waals surface area contributed by atoms with Crippen LogP contribution < -0.4 is 0 Å². The fourth-order valence-corrected chi connectivity index (χ4v) is 5.39. The quantitative estimate of drug-likeness (QED) is 0.905. The Kier molecular flexibility index (Phi) is 3.78. The zero-order chi connectivity index (χ0) is 16.0. The first kappa shape index (κ1) is 15.3. The first-order chi connectivity index (χ1) is 11.0. The highest BCUT2D eigenvalue weighted by atomic mass is 32.1. The summed E-state index contributed by atoms with van der Waals surface area (Å²) in [4.78, 5) is 21.6. The molecule has 0 radical (unpaired) electrons. The molecular formula is C17H20N2O2S2. The van der Waals surface area contributed by atoms with Gasteiger partial charge in [0.2, 0.25) is 0 Å². The number of nitrogens with zero attached hydrogens (tertiary/aromatic N) is 2. The summed E-state index contributed by atoms with van der Waals surface area (Å²) < 4.78 is 0. The van der Waals surface area contributed by atoms with E-state index in [2.05, 4.69) is 16.4 Å². The first-order valence-corrected chi connectivity index (χ1v) is 9.81. The number of carbonyl (C=O) groups excluding carboxylic acids is 1. The molecule has 1 fully saturated rings. The van der Waals surface area contributed by atoms with E-state index in [4.69, 9.17) is 0 Å². The molecule has 2 aromatic rings. The summed E-state index contributed by atoms with van der Waals surface area (Å²) in [5.74, 6) is -0.0714. The number of fused-ring (bicyclic) bond motifs is 1. The monoisotopic (exact) mass is 348 g/mol. The number of amides is 1. The summed E-state index contributed by atoms with van der Waals surface area (Å²) in [5.41, 5.74) is 1.15. The van der Waals surface area contributed by atoms with Gasteiger partial charge in [-0.3, -0.25) is 4.79 Å². The molecule has 122 valence electrons. The molecule has 0 saturated heterocycles. The minimum absolute atomic E-state index is 0.0714. The Balaban J connectivity index is 1.55. The first-order valence-electron chi connectivity index (χ1n) is 8.11. The molecule has 6 heteroatoms. The van der Waals surface area contributed by atoms with Crippen molar-refractivity contribution in [1.29, 1.82) is 0 Å². The van der Waals surface area contributed by atoms with Crippen molar-refractivity contribution in [3.05, 3.63) is 26.9 Å². The summed E-state index contributed by atoms with van der Waals surface area (Å²) in [6.45, 7) is 3.35. The van der Waals surface area contributed by atoms with Gasteiger partial charge in [0.05, 0.1) is 15.6 Å². The van der Waals surface area contributed by atoms with Gasteiger partial charge in [-0.05, 0) is 50.7 Å². The molecule has 2 aromatic heterocycles. The van der Waals surface area contributed by atoms with Crippen LogP contribution in [-0.2, 0) is 17.8 Å². The molecule has 23 heavy (non-hydrogen) atoms. The van der Waals surface area contributed by atoms with Gasteiger partial charge >= 0.3 is 0 Å². The maximum Gasteiger partial charge on any atom is 0.254 e. The van der Waals surface area contributed by atoms with Crippen molar-refractivity contribution < 1.29 is 9.90 Å². The van der Waals surface area contributed by atoms with Crippen LogP contribution in [0.5, 0.6) is 0 Å². The lowest BCUT2D eigenvalue weighted by Gasteiger charge is -2.33. The summed E-state index contributed by atoms with van der Waals surface area (Å²) in [6, 6.07) is 2.17. The Hall–Kier alpha value is -1.24. The number of aromatic nitrogens is 1. The smallest absolute Gasteiger partial charge is 0.254 e. The van der Waals surface area contributed by atoms with E-state index >= 15 is 0 Å². The standard InChI is InChI=1S/C17H20N2O2S2/c1-11-18-13(10-22-11)15-8-12-9-19(7-4-14(12)23-15)16(20)17(21)5-2-3-6-17/h8,10,21H,2-7,9H2,1H3. The molecule has 1 saturated carbocycles. The zero-order valence-electron chi connectivity index (χ0n) is 13.2. The highest BCUT2D eigenvalue weighted by molar-refractivity contribution is 7.16. The van der Waals surface area contributed by atoms with Crippen molar-refractivity contribution >= 4 is 28.6 Å². The van der Waals surface area contributed by atoms with Gasteiger partial charge in [-0.1, -0.05) is 0 Å². The van der Waals surface area contributed by atoms with Gasteiger partial charge in [0.1, 0.15) is 5.60 Å².